The number of carboxylic acids is 1. The van der Waals surface area contributed by atoms with Gasteiger partial charge in [0.1, 0.15) is 0 Å². The highest BCUT2D eigenvalue weighted by Gasteiger charge is 2.26. The summed E-state index contributed by atoms with van der Waals surface area (Å²) in [7, 11) is 0. The van der Waals surface area contributed by atoms with Crippen LogP contribution in [0.3, 0.4) is 0 Å². The number of carbonyl (C=O) groups excluding carboxylic acids is 1. The number of amides is 1. The monoisotopic (exact) mass is 347 g/mol. The lowest BCUT2D eigenvalue weighted by Gasteiger charge is -2.32. The number of hydrogen-bond donors (Lipinski definition) is 1. The molecule has 0 aliphatic carbocycles. The zero-order valence-electron chi connectivity index (χ0n) is 13.3. The van der Waals surface area contributed by atoms with Gasteiger partial charge in [0.25, 0.3) is 5.91 Å². The van der Waals surface area contributed by atoms with Crippen LogP contribution in [0.5, 0.6) is 0 Å². The van der Waals surface area contributed by atoms with Crippen LogP contribution in [0.4, 0.5) is 0 Å². The maximum absolute atomic E-state index is 12.7. The summed E-state index contributed by atoms with van der Waals surface area (Å²) >= 11 is 6.10. The van der Waals surface area contributed by atoms with Gasteiger partial charge in [-0.1, -0.05) is 17.7 Å². The summed E-state index contributed by atoms with van der Waals surface area (Å²) in [5.41, 5.74) is 1.61. The largest absolute Gasteiger partial charge is 0.478 e. The number of carboxylic acid groups (broad SMARTS) is 1. The van der Waals surface area contributed by atoms with Gasteiger partial charge in [-0.3, -0.25) is 9.48 Å². The van der Waals surface area contributed by atoms with E-state index in [0.29, 0.717) is 23.7 Å². The number of rotatable bonds is 3. The molecule has 1 N–H and O–H groups in total. The SMILES string of the molecule is Cc1c(Cl)cccc1C(=O)N1CCC(n2cc(C(=O)O)cn2)CC1. The molecule has 0 radical (unpaired) electrons. The summed E-state index contributed by atoms with van der Waals surface area (Å²) in [4.78, 5) is 25.4. The first-order chi connectivity index (χ1) is 11.5. The van der Waals surface area contributed by atoms with E-state index in [9.17, 15) is 9.59 Å². The third-order valence-corrected chi connectivity index (χ3v) is 4.88. The van der Waals surface area contributed by atoms with Crippen LogP contribution in [0.25, 0.3) is 0 Å². The predicted octanol–water partition coefficient (Wildman–Crippen LogP) is 3.02. The Hall–Kier alpha value is -2.34. The summed E-state index contributed by atoms with van der Waals surface area (Å²) < 4.78 is 1.69. The van der Waals surface area contributed by atoms with Gasteiger partial charge in [0.2, 0.25) is 0 Å². The third kappa shape index (κ3) is 3.14. The van der Waals surface area contributed by atoms with Gasteiger partial charge in [-0.15, -0.1) is 0 Å². The van der Waals surface area contributed by atoms with E-state index in [0.717, 1.165) is 18.4 Å². The lowest BCUT2D eigenvalue weighted by atomic mass is 10.0. The zero-order chi connectivity index (χ0) is 17.3. The van der Waals surface area contributed by atoms with Gasteiger partial charge in [0.05, 0.1) is 17.8 Å². The molecule has 1 saturated heterocycles. The Morgan fingerprint density at radius 3 is 2.62 bits per heavy atom. The van der Waals surface area contributed by atoms with E-state index in [1.807, 2.05) is 11.8 Å². The molecule has 3 rings (SSSR count). The van der Waals surface area contributed by atoms with E-state index >= 15 is 0 Å². The van der Waals surface area contributed by atoms with Crippen molar-refractivity contribution in [3.05, 3.63) is 52.3 Å². The van der Waals surface area contributed by atoms with Gasteiger partial charge in [-0.25, -0.2) is 4.79 Å². The molecule has 1 aliphatic rings. The maximum atomic E-state index is 12.7. The van der Waals surface area contributed by atoms with Crippen molar-refractivity contribution in [1.29, 1.82) is 0 Å². The van der Waals surface area contributed by atoms with E-state index in [1.165, 1.54) is 6.20 Å². The molecule has 7 heteroatoms. The van der Waals surface area contributed by atoms with Gasteiger partial charge in [0.15, 0.2) is 0 Å². The van der Waals surface area contributed by atoms with Crippen molar-refractivity contribution >= 4 is 23.5 Å². The van der Waals surface area contributed by atoms with Gasteiger partial charge in [-0.05, 0) is 37.5 Å². The Kier molecular flexibility index (Phi) is 4.57. The van der Waals surface area contributed by atoms with Crippen molar-refractivity contribution < 1.29 is 14.7 Å². The minimum Gasteiger partial charge on any atom is -0.478 e. The van der Waals surface area contributed by atoms with Gasteiger partial charge in [-0.2, -0.15) is 5.10 Å². The summed E-state index contributed by atoms with van der Waals surface area (Å²) in [6.45, 7) is 3.06. The van der Waals surface area contributed by atoms with E-state index < -0.39 is 5.97 Å². The molecule has 0 atom stereocenters. The first kappa shape index (κ1) is 16.5. The van der Waals surface area contributed by atoms with E-state index in [1.54, 1.807) is 29.1 Å². The average molecular weight is 348 g/mol. The Morgan fingerprint density at radius 2 is 2.00 bits per heavy atom. The number of aromatic carboxylic acids is 1. The zero-order valence-corrected chi connectivity index (χ0v) is 14.0. The molecule has 1 aliphatic heterocycles. The topological polar surface area (TPSA) is 75.4 Å². The van der Waals surface area contributed by atoms with E-state index in [2.05, 4.69) is 5.10 Å². The molecule has 24 heavy (non-hydrogen) atoms. The lowest BCUT2D eigenvalue weighted by Crippen LogP contribution is -2.39. The lowest BCUT2D eigenvalue weighted by molar-refractivity contribution is 0.0687. The van der Waals surface area contributed by atoms with Crippen LogP contribution < -0.4 is 0 Å². The molecule has 2 aromatic rings. The number of piperidine rings is 1. The minimum absolute atomic E-state index is 0.0138. The van der Waals surface area contributed by atoms with Crippen LogP contribution in [-0.2, 0) is 0 Å². The molecule has 1 aromatic carbocycles. The fourth-order valence-corrected chi connectivity index (χ4v) is 3.17. The summed E-state index contributed by atoms with van der Waals surface area (Å²) in [5.74, 6) is -0.995. The summed E-state index contributed by atoms with van der Waals surface area (Å²) in [5, 5.41) is 13.7. The Bertz CT molecular complexity index is 779. The second-order valence-corrected chi connectivity index (χ2v) is 6.36. The highest BCUT2D eigenvalue weighted by atomic mass is 35.5. The Morgan fingerprint density at radius 1 is 1.29 bits per heavy atom. The minimum atomic E-state index is -0.981. The molecule has 126 valence electrons. The first-order valence-corrected chi connectivity index (χ1v) is 8.17. The molecule has 1 aromatic heterocycles. The van der Waals surface area contributed by atoms with Crippen LogP contribution >= 0.6 is 11.6 Å². The number of carbonyl (C=O) groups is 2. The highest BCUT2D eigenvalue weighted by Crippen LogP contribution is 2.25. The molecule has 0 unspecified atom stereocenters. The number of halogens is 1. The van der Waals surface area contributed by atoms with Gasteiger partial charge >= 0.3 is 5.97 Å². The van der Waals surface area contributed by atoms with Crippen molar-refractivity contribution in [2.75, 3.05) is 13.1 Å². The first-order valence-electron chi connectivity index (χ1n) is 7.79. The van der Waals surface area contributed by atoms with Crippen LogP contribution in [0, 0.1) is 6.92 Å². The van der Waals surface area contributed by atoms with Gasteiger partial charge < -0.3 is 10.0 Å². The predicted molar refractivity (Wildman–Crippen MR) is 89.5 cm³/mol. The van der Waals surface area contributed by atoms with Crippen molar-refractivity contribution in [3.63, 3.8) is 0 Å². The number of nitrogens with zero attached hydrogens (tertiary/aromatic N) is 3. The second-order valence-electron chi connectivity index (χ2n) is 5.95. The molecule has 1 amide bonds. The molecule has 6 nitrogen and oxygen atoms in total. The Labute approximate surface area is 144 Å². The number of hydrogen-bond acceptors (Lipinski definition) is 3. The molecular formula is C17H18ClN3O3. The van der Waals surface area contributed by atoms with Crippen LogP contribution in [0.1, 0.15) is 45.2 Å². The third-order valence-electron chi connectivity index (χ3n) is 4.47. The molecule has 0 spiro atoms. The maximum Gasteiger partial charge on any atom is 0.338 e. The summed E-state index contributed by atoms with van der Waals surface area (Å²) in [6, 6.07) is 5.47. The fraction of sp³-hybridized carbons (Fsp3) is 0.353. The van der Waals surface area contributed by atoms with E-state index in [4.69, 9.17) is 16.7 Å². The van der Waals surface area contributed by atoms with Crippen LogP contribution in [0.2, 0.25) is 5.02 Å². The smallest absolute Gasteiger partial charge is 0.338 e. The molecule has 0 saturated carbocycles. The molecular weight excluding hydrogens is 330 g/mol. The second kappa shape index (κ2) is 6.65. The molecule has 2 heterocycles. The summed E-state index contributed by atoms with van der Waals surface area (Å²) in [6.07, 6.45) is 4.39. The van der Waals surface area contributed by atoms with Crippen molar-refractivity contribution in [2.45, 2.75) is 25.8 Å². The van der Waals surface area contributed by atoms with Gasteiger partial charge in [0, 0.05) is 29.9 Å². The fourth-order valence-electron chi connectivity index (χ4n) is 2.99. The van der Waals surface area contributed by atoms with Crippen LogP contribution in [-0.4, -0.2) is 44.8 Å². The average Bonchev–Trinajstić information content (AvgIpc) is 3.07. The number of aromatic nitrogens is 2. The number of benzene rings is 1. The quantitative estimate of drug-likeness (QED) is 0.926. The highest BCUT2D eigenvalue weighted by molar-refractivity contribution is 6.31. The Balaban J connectivity index is 1.67. The van der Waals surface area contributed by atoms with Crippen LogP contribution in [0.15, 0.2) is 30.6 Å². The molecule has 0 bridgehead atoms. The van der Waals surface area contributed by atoms with Crippen molar-refractivity contribution in [2.24, 2.45) is 0 Å². The van der Waals surface area contributed by atoms with E-state index in [-0.39, 0.29) is 17.5 Å². The van der Waals surface area contributed by atoms with Crippen molar-refractivity contribution in [1.82, 2.24) is 14.7 Å². The van der Waals surface area contributed by atoms with Crippen molar-refractivity contribution in [3.8, 4) is 0 Å². The standard InChI is InChI=1S/C17H18ClN3O3/c1-11-14(3-2-4-15(11)18)16(22)20-7-5-13(6-8-20)21-10-12(9-19-21)17(23)24/h2-4,9-10,13H,5-8H2,1H3,(H,23,24). The normalized spacial score (nSPS) is 15.5. The molecule has 1 fully saturated rings. The number of likely N-dealkylation sites (tertiary alicyclic amines) is 1.